The number of likely N-dealkylation sites (tertiary alicyclic amines) is 1. The Morgan fingerprint density at radius 3 is 2.47 bits per heavy atom. The van der Waals surface area contributed by atoms with Gasteiger partial charge in [-0.2, -0.15) is 5.26 Å². The number of aromatic nitrogens is 1. The van der Waals surface area contributed by atoms with Gasteiger partial charge < -0.3 is 9.80 Å². The second-order valence-corrected chi connectivity index (χ2v) is 10.4. The van der Waals surface area contributed by atoms with Gasteiger partial charge in [-0.15, -0.1) is 0 Å². The molecule has 9 nitrogen and oxygen atoms in total. The van der Waals surface area contributed by atoms with Crippen molar-refractivity contribution in [1.82, 2.24) is 19.7 Å². The van der Waals surface area contributed by atoms with Gasteiger partial charge in [-0.05, 0) is 42.0 Å². The van der Waals surface area contributed by atoms with Gasteiger partial charge in [0.2, 0.25) is 5.91 Å². The van der Waals surface area contributed by atoms with E-state index in [1.54, 1.807) is 31.6 Å². The Morgan fingerprint density at radius 1 is 1.19 bits per heavy atom. The molecule has 0 N–H and O–H groups in total. The van der Waals surface area contributed by atoms with Crippen LogP contribution in [0, 0.1) is 11.5 Å². The number of likely N-dealkylation sites (N-methyl/N-ethyl adjacent to an activating group) is 1. The van der Waals surface area contributed by atoms with Gasteiger partial charge >= 0.3 is 0 Å². The lowest BCUT2D eigenvalue weighted by Crippen LogP contribution is -2.51. The number of anilines is 1. The van der Waals surface area contributed by atoms with Crippen LogP contribution in [0.5, 0.6) is 0 Å². The second-order valence-electron chi connectivity index (χ2n) is 10.4. The third-order valence-electron chi connectivity index (χ3n) is 6.85. The van der Waals surface area contributed by atoms with Gasteiger partial charge in [0, 0.05) is 37.2 Å². The van der Waals surface area contributed by atoms with Crippen molar-refractivity contribution in [3.63, 3.8) is 0 Å². The van der Waals surface area contributed by atoms with E-state index in [0.29, 0.717) is 24.2 Å². The first-order valence-corrected chi connectivity index (χ1v) is 12.1. The molecule has 2 unspecified atom stereocenters. The summed E-state index contributed by atoms with van der Waals surface area (Å²) in [6, 6.07) is 9.41. The van der Waals surface area contributed by atoms with E-state index in [1.807, 2.05) is 24.3 Å². The third kappa shape index (κ3) is 4.89. The zero-order valence-electron chi connectivity index (χ0n) is 21.2. The molecular weight excluding hydrogens is 456 g/mol. The molecular formula is C27H32N6O3. The van der Waals surface area contributed by atoms with Crippen molar-refractivity contribution in [3.8, 4) is 6.19 Å². The lowest BCUT2D eigenvalue weighted by atomic mass is 9.87. The number of amides is 3. The lowest BCUT2D eigenvalue weighted by Gasteiger charge is -2.36. The van der Waals surface area contributed by atoms with Crippen molar-refractivity contribution in [1.29, 1.82) is 5.26 Å². The molecule has 2 aliphatic rings. The molecule has 2 fully saturated rings. The van der Waals surface area contributed by atoms with E-state index in [4.69, 9.17) is 0 Å². The Kier molecular flexibility index (Phi) is 6.97. The van der Waals surface area contributed by atoms with E-state index in [9.17, 15) is 19.6 Å². The van der Waals surface area contributed by atoms with Crippen molar-refractivity contribution in [2.45, 2.75) is 51.1 Å². The first-order valence-electron chi connectivity index (χ1n) is 12.1. The van der Waals surface area contributed by atoms with Gasteiger partial charge in [0.1, 0.15) is 18.6 Å². The van der Waals surface area contributed by atoms with Gasteiger partial charge in [0.15, 0.2) is 6.19 Å². The molecule has 2 saturated heterocycles. The molecule has 9 heteroatoms. The summed E-state index contributed by atoms with van der Waals surface area (Å²) in [6.07, 6.45) is 6.56. The van der Waals surface area contributed by atoms with Crippen LogP contribution in [0.1, 0.15) is 50.8 Å². The molecule has 188 valence electrons. The monoisotopic (exact) mass is 488 g/mol. The predicted molar refractivity (Wildman–Crippen MR) is 134 cm³/mol. The quantitative estimate of drug-likeness (QED) is 0.600. The summed E-state index contributed by atoms with van der Waals surface area (Å²) in [5.74, 6) is -0.846. The van der Waals surface area contributed by atoms with Crippen molar-refractivity contribution in [3.05, 3.63) is 59.9 Å². The standard InChI is InChI=1S/C27H32N6O3/c1-27(2,3)20-9-11-21(12-10-20)33(25(35)22-8-6-14-31(22)17-28)24(19-7-5-13-29-15-19)26(36)32-16-23(34)30(4)18-32/h5,7,9-13,15,22,24H,6,8,14,16,18H2,1-4H3. The predicted octanol–water partition coefficient (Wildman–Crippen LogP) is 2.66. The van der Waals surface area contributed by atoms with Gasteiger partial charge in [0.05, 0.1) is 6.67 Å². The van der Waals surface area contributed by atoms with Crippen LogP contribution in [0.3, 0.4) is 0 Å². The van der Waals surface area contributed by atoms with E-state index < -0.39 is 12.1 Å². The Labute approximate surface area is 211 Å². The second kappa shape index (κ2) is 9.97. The third-order valence-corrected chi connectivity index (χ3v) is 6.85. The Morgan fingerprint density at radius 2 is 1.92 bits per heavy atom. The van der Waals surface area contributed by atoms with E-state index in [-0.39, 0.29) is 36.3 Å². The van der Waals surface area contributed by atoms with Crippen LogP contribution in [-0.2, 0) is 19.8 Å². The van der Waals surface area contributed by atoms with E-state index in [1.165, 1.54) is 19.6 Å². The smallest absolute Gasteiger partial charge is 0.252 e. The zero-order valence-corrected chi connectivity index (χ0v) is 21.2. The average molecular weight is 489 g/mol. The van der Waals surface area contributed by atoms with Crippen LogP contribution in [0.4, 0.5) is 5.69 Å². The fourth-order valence-electron chi connectivity index (χ4n) is 4.76. The van der Waals surface area contributed by atoms with Crippen molar-refractivity contribution in [2.24, 2.45) is 0 Å². The molecule has 1 aromatic carbocycles. The highest BCUT2D eigenvalue weighted by atomic mass is 16.2. The number of nitriles is 1. The topological polar surface area (TPSA) is 101 Å². The lowest BCUT2D eigenvalue weighted by molar-refractivity contribution is -0.135. The molecule has 4 rings (SSSR count). The summed E-state index contributed by atoms with van der Waals surface area (Å²) in [6.45, 7) is 6.92. The van der Waals surface area contributed by atoms with E-state index in [0.717, 1.165) is 12.0 Å². The molecule has 36 heavy (non-hydrogen) atoms. The SMILES string of the molecule is CN1CN(C(=O)C(c2cccnc2)N(C(=O)C2CCCN2C#N)c2ccc(C(C)(C)C)cc2)CC1=O. The number of rotatable bonds is 5. The number of hydrogen-bond donors (Lipinski definition) is 0. The zero-order chi connectivity index (χ0) is 26.0. The summed E-state index contributed by atoms with van der Waals surface area (Å²) in [5.41, 5.74) is 2.10. The molecule has 3 amide bonds. The van der Waals surface area contributed by atoms with Crippen LogP contribution < -0.4 is 4.90 Å². The largest absolute Gasteiger partial charge is 0.326 e. The van der Waals surface area contributed by atoms with E-state index >= 15 is 0 Å². The van der Waals surface area contributed by atoms with Crippen molar-refractivity contribution < 1.29 is 14.4 Å². The maximum atomic E-state index is 14.1. The molecule has 0 saturated carbocycles. The van der Waals surface area contributed by atoms with Crippen LogP contribution in [0.2, 0.25) is 0 Å². The molecule has 3 heterocycles. The van der Waals surface area contributed by atoms with Crippen LogP contribution in [0.15, 0.2) is 48.8 Å². The molecule has 1 aromatic heterocycles. The minimum absolute atomic E-state index is 0.0508. The number of hydrogen-bond acceptors (Lipinski definition) is 6. The Bertz CT molecular complexity index is 1170. The minimum Gasteiger partial charge on any atom is -0.326 e. The van der Waals surface area contributed by atoms with Crippen LogP contribution in [0.25, 0.3) is 0 Å². The summed E-state index contributed by atoms with van der Waals surface area (Å²) >= 11 is 0. The van der Waals surface area contributed by atoms with Gasteiger partial charge in [-0.25, -0.2) is 0 Å². The minimum atomic E-state index is -1.04. The molecule has 2 atom stereocenters. The maximum absolute atomic E-state index is 14.1. The number of nitrogens with zero attached hydrogens (tertiary/aromatic N) is 6. The number of carbonyl (C=O) groups excluding carboxylic acids is 3. The highest BCUT2D eigenvalue weighted by Crippen LogP contribution is 2.34. The van der Waals surface area contributed by atoms with Gasteiger partial charge in [-0.1, -0.05) is 39.0 Å². The number of pyridine rings is 1. The molecule has 0 aliphatic carbocycles. The fraction of sp³-hybridized carbons (Fsp3) is 0.444. The summed E-state index contributed by atoms with van der Waals surface area (Å²) in [7, 11) is 1.64. The van der Waals surface area contributed by atoms with Crippen LogP contribution >= 0.6 is 0 Å². The molecule has 2 aliphatic heterocycles. The highest BCUT2D eigenvalue weighted by molar-refractivity contribution is 6.04. The van der Waals surface area contributed by atoms with Crippen molar-refractivity contribution in [2.75, 3.05) is 31.7 Å². The molecule has 0 spiro atoms. The summed E-state index contributed by atoms with van der Waals surface area (Å²) in [5, 5.41) is 9.64. The molecule has 2 aromatic rings. The Hall–Kier alpha value is -3.93. The highest BCUT2D eigenvalue weighted by Gasteiger charge is 2.43. The number of benzene rings is 1. The summed E-state index contributed by atoms with van der Waals surface area (Å²) in [4.78, 5) is 50.5. The Balaban J connectivity index is 1.83. The van der Waals surface area contributed by atoms with Crippen LogP contribution in [-0.4, -0.2) is 70.3 Å². The first kappa shape index (κ1) is 25.2. The van der Waals surface area contributed by atoms with Gasteiger partial charge in [-0.3, -0.25) is 29.2 Å². The normalized spacial score (nSPS) is 18.8. The van der Waals surface area contributed by atoms with E-state index in [2.05, 4.69) is 31.9 Å². The first-order chi connectivity index (χ1) is 17.1. The average Bonchev–Trinajstić information content (AvgIpc) is 3.48. The molecule has 0 radical (unpaired) electrons. The fourth-order valence-corrected chi connectivity index (χ4v) is 4.76. The maximum Gasteiger partial charge on any atom is 0.252 e. The van der Waals surface area contributed by atoms with Gasteiger partial charge in [0.25, 0.3) is 11.8 Å². The molecule has 0 bridgehead atoms. The van der Waals surface area contributed by atoms with Crippen molar-refractivity contribution >= 4 is 23.4 Å². The number of carbonyl (C=O) groups is 3. The summed E-state index contributed by atoms with van der Waals surface area (Å²) < 4.78 is 0.